The van der Waals surface area contributed by atoms with Crippen molar-refractivity contribution in [2.24, 2.45) is 11.8 Å². The Labute approximate surface area is 189 Å². The standard InChI is InChI=1S/C26H40O4Si/c1-21(18-27)17-25(29-20-28-6)22(2)19-30-31(26(3,4)5,23-13-9-7-10-14-23)24-15-11-8-12-16-24/h7-16,21-22,25,27H,17-20H2,1-6H3/t21-,22+,25-/m1/s1. The molecule has 0 fully saturated rings. The van der Waals surface area contributed by atoms with Crippen molar-refractivity contribution in [1.29, 1.82) is 0 Å². The van der Waals surface area contributed by atoms with Crippen LogP contribution in [0.4, 0.5) is 0 Å². The van der Waals surface area contributed by atoms with E-state index in [9.17, 15) is 5.11 Å². The quantitative estimate of drug-likeness (QED) is 0.394. The Morgan fingerprint density at radius 2 is 1.42 bits per heavy atom. The zero-order valence-electron chi connectivity index (χ0n) is 20.0. The molecule has 2 aromatic rings. The number of benzene rings is 2. The van der Waals surface area contributed by atoms with Gasteiger partial charge < -0.3 is 19.0 Å². The molecule has 0 saturated carbocycles. The van der Waals surface area contributed by atoms with Gasteiger partial charge in [0.1, 0.15) is 6.79 Å². The van der Waals surface area contributed by atoms with E-state index in [1.165, 1.54) is 10.4 Å². The third kappa shape index (κ3) is 6.50. The number of rotatable bonds is 12. The number of aliphatic hydroxyl groups is 1. The smallest absolute Gasteiger partial charge is 0.261 e. The van der Waals surface area contributed by atoms with Crippen LogP contribution in [0.25, 0.3) is 0 Å². The lowest BCUT2D eigenvalue weighted by atomic mass is 9.96. The molecule has 172 valence electrons. The first kappa shape index (κ1) is 25.8. The zero-order chi connectivity index (χ0) is 22.9. The van der Waals surface area contributed by atoms with Crippen molar-refractivity contribution in [1.82, 2.24) is 0 Å². The fourth-order valence-electron chi connectivity index (χ4n) is 4.22. The highest BCUT2D eigenvalue weighted by Crippen LogP contribution is 2.37. The van der Waals surface area contributed by atoms with Crippen molar-refractivity contribution in [3.05, 3.63) is 60.7 Å². The summed E-state index contributed by atoms with van der Waals surface area (Å²) in [5.41, 5.74) is 0. The molecule has 0 aromatic heterocycles. The van der Waals surface area contributed by atoms with Gasteiger partial charge in [0.25, 0.3) is 8.32 Å². The van der Waals surface area contributed by atoms with Gasteiger partial charge in [-0.2, -0.15) is 0 Å². The fourth-order valence-corrected chi connectivity index (χ4v) is 8.88. The van der Waals surface area contributed by atoms with Crippen molar-refractivity contribution in [3.63, 3.8) is 0 Å². The van der Waals surface area contributed by atoms with E-state index in [1.807, 2.05) is 6.92 Å². The summed E-state index contributed by atoms with van der Waals surface area (Å²) < 4.78 is 18.2. The number of methoxy groups -OCH3 is 1. The minimum atomic E-state index is -2.57. The molecule has 0 bridgehead atoms. The van der Waals surface area contributed by atoms with Crippen LogP contribution in [-0.4, -0.2) is 46.6 Å². The van der Waals surface area contributed by atoms with Gasteiger partial charge in [-0.3, -0.25) is 0 Å². The number of ether oxygens (including phenoxy) is 2. The molecule has 0 radical (unpaired) electrons. The largest absolute Gasteiger partial charge is 0.407 e. The van der Waals surface area contributed by atoms with Gasteiger partial charge >= 0.3 is 0 Å². The molecule has 0 spiro atoms. The number of aliphatic hydroxyl groups excluding tert-OH is 1. The molecule has 3 atom stereocenters. The van der Waals surface area contributed by atoms with Crippen LogP contribution >= 0.6 is 0 Å². The molecular formula is C26H40O4Si. The summed E-state index contributed by atoms with van der Waals surface area (Å²) in [6.45, 7) is 12.0. The van der Waals surface area contributed by atoms with Crippen molar-refractivity contribution >= 4 is 18.7 Å². The van der Waals surface area contributed by atoms with Crippen LogP contribution in [0.1, 0.15) is 41.0 Å². The lowest BCUT2D eigenvalue weighted by Gasteiger charge is -2.44. The van der Waals surface area contributed by atoms with E-state index in [4.69, 9.17) is 13.9 Å². The third-order valence-corrected chi connectivity index (χ3v) is 11.0. The highest BCUT2D eigenvalue weighted by Gasteiger charge is 2.50. The van der Waals surface area contributed by atoms with Crippen molar-refractivity contribution in [2.75, 3.05) is 27.1 Å². The second-order valence-corrected chi connectivity index (χ2v) is 13.9. The molecule has 0 aliphatic carbocycles. The van der Waals surface area contributed by atoms with E-state index in [-0.39, 0.29) is 36.4 Å². The minimum Gasteiger partial charge on any atom is -0.407 e. The molecule has 0 aliphatic heterocycles. The Bertz CT molecular complexity index is 706. The van der Waals surface area contributed by atoms with Gasteiger partial charge in [-0.1, -0.05) is 95.3 Å². The van der Waals surface area contributed by atoms with E-state index in [1.54, 1.807) is 7.11 Å². The maximum Gasteiger partial charge on any atom is 0.261 e. The molecule has 0 aliphatic rings. The first-order valence-electron chi connectivity index (χ1n) is 11.2. The first-order chi connectivity index (χ1) is 14.8. The summed E-state index contributed by atoms with van der Waals surface area (Å²) in [4.78, 5) is 0. The van der Waals surface area contributed by atoms with Crippen LogP contribution in [0.2, 0.25) is 5.04 Å². The second-order valence-electron chi connectivity index (χ2n) is 9.59. The molecule has 0 amide bonds. The summed E-state index contributed by atoms with van der Waals surface area (Å²) in [6.07, 6.45) is 0.728. The van der Waals surface area contributed by atoms with Crippen molar-refractivity contribution in [2.45, 2.75) is 52.2 Å². The summed E-state index contributed by atoms with van der Waals surface area (Å²) in [5.74, 6) is 0.322. The van der Waals surface area contributed by atoms with Crippen LogP contribution in [0.5, 0.6) is 0 Å². The Kier molecular flexibility index (Phi) is 9.91. The molecule has 1 N–H and O–H groups in total. The highest BCUT2D eigenvalue weighted by atomic mass is 28.4. The van der Waals surface area contributed by atoms with Gasteiger partial charge in [0.05, 0.1) is 6.10 Å². The van der Waals surface area contributed by atoms with Crippen LogP contribution in [0.15, 0.2) is 60.7 Å². The lowest BCUT2D eigenvalue weighted by molar-refractivity contribution is -0.102. The number of hydrogen-bond donors (Lipinski definition) is 1. The molecule has 2 aromatic carbocycles. The molecule has 2 rings (SSSR count). The van der Waals surface area contributed by atoms with Crippen LogP contribution in [-0.2, 0) is 13.9 Å². The molecule has 31 heavy (non-hydrogen) atoms. The Balaban J connectivity index is 2.39. The first-order valence-corrected chi connectivity index (χ1v) is 13.1. The van der Waals surface area contributed by atoms with Crippen LogP contribution in [0.3, 0.4) is 0 Å². The topological polar surface area (TPSA) is 47.9 Å². The predicted molar refractivity (Wildman–Crippen MR) is 130 cm³/mol. The molecule has 0 unspecified atom stereocenters. The monoisotopic (exact) mass is 444 g/mol. The van der Waals surface area contributed by atoms with Crippen LogP contribution in [0, 0.1) is 11.8 Å². The zero-order valence-corrected chi connectivity index (χ0v) is 21.0. The fraction of sp³-hybridized carbons (Fsp3) is 0.538. The SMILES string of the molecule is COCO[C@H](C[C@@H](C)CO)[C@@H](C)CO[Si](c1ccccc1)(c1ccccc1)C(C)(C)C. The Morgan fingerprint density at radius 1 is 0.903 bits per heavy atom. The van der Waals surface area contributed by atoms with Gasteiger partial charge in [0, 0.05) is 26.2 Å². The maximum atomic E-state index is 9.54. The Hall–Kier alpha value is -1.50. The van der Waals surface area contributed by atoms with Crippen LogP contribution < -0.4 is 10.4 Å². The van der Waals surface area contributed by atoms with E-state index >= 15 is 0 Å². The Morgan fingerprint density at radius 3 is 1.84 bits per heavy atom. The average Bonchev–Trinajstić information content (AvgIpc) is 2.77. The van der Waals surface area contributed by atoms with E-state index in [0.717, 1.165) is 6.42 Å². The molecule has 0 heterocycles. The average molecular weight is 445 g/mol. The second kappa shape index (κ2) is 11.9. The van der Waals surface area contributed by atoms with Gasteiger partial charge in [0.2, 0.25) is 0 Å². The summed E-state index contributed by atoms with van der Waals surface area (Å²) in [6, 6.07) is 21.4. The van der Waals surface area contributed by atoms with Crippen molar-refractivity contribution in [3.8, 4) is 0 Å². The lowest BCUT2D eigenvalue weighted by Crippen LogP contribution is -2.67. The molecule has 5 heteroatoms. The highest BCUT2D eigenvalue weighted by molar-refractivity contribution is 6.99. The molecule has 4 nitrogen and oxygen atoms in total. The molecular weight excluding hydrogens is 404 g/mol. The summed E-state index contributed by atoms with van der Waals surface area (Å²) in [7, 11) is -0.939. The van der Waals surface area contributed by atoms with Gasteiger partial charge in [0.15, 0.2) is 0 Å². The van der Waals surface area contributed by atoms with E-state index < -0.39 is 8.32 Å². The maximum absolute atomic E-state index is 9.54. The summed E-state index contributed by atoms with van der Waals surface area (Å²) in [5, 5.41) is 12.0. The number of hydrogen-bond acceptors (Lipinski definition) is 4. The van der Waals surface area contributed by atoms with Gasteiger partial charge in [-0.05, 0) is 27.8 Å². The normalized spacial score (nSPS) is 15.5. The van der Waals surface area contributed by atoms with Gasteiger partial charge in [-0.15, -0.1) is 0 Å². The van der Waals surface area contributed by atoms with E-state index in [0.29, 0.717) is 6.61 Å². The summed E-state index contributed by atoms with van der Waals surface area (Å²) >= 11 is 0. The van der Waals surface area contributed by atoms with Gasteiger partial charge in [-0.25, -0.2) is 0 Å². The minimum absolute atomic E-state index is 0.0414. The van der Waals surface area contributed by atoms with Crippen molar-refractivity contribution < 1.29 is 19.0 Å². The third-order valence-electron chi connectivity index (χ3n) is 5.96. The predicted octanol–water partition coefficient (Wildman–Crippen LogP) is 4.21. The molecule has 0 saturated heterocycles. The van der Waals surface area contributed by atoms with E-state index in [2.05, 4.69) is 88.4 Å².